The summed E-state index contributed by atoms with van der Waals surface area (Å²) in [7, 11) is -4.92. The summed E-state index contributed by atoms with van der Waals surface area (Å²) in [6.07, 6.45) is -0.835. The lowest BCUT2D eigenvalue weighted by Crippen LogP contribution is -2.48. The molecule has 0 fully saturated rings. The van der Waals surface area contributed by atoms with Gasteiger partial charge in [-0.05, 0) is 73.7 Å². The van der Waals surface area contributed by atoms with Crippen molar-refractivity contribution in [2.45, 2.75) is 42.2 Å². The van der Waals surface area contributed by atoms with Gasteiger partial charge in [-0.2, -0.15) is 4.31 Å². The van der Waals surface area contributed by atoms with Crippen molar-refractivity contribution in [2.24, 2.45) is 5.92 Å². The molecule has 0 unspecified atom stereocenters. The summed E-state index contributed by atoms with van der Waals surface area (Å²) < 4.78 is 68.1. The van der Waals surface area contributed by atoms with E-state index in [1.807, 2.05) is 6.92 Å². The van der Waals surface area contributed by atoms with Crippen molar-refractivity contribution in [3.63, 3.8) is 0 Å². The van der Waals surface area contributed by atoms with Crippen molar-refractivity contribution in [3.05, 3.63) is 77.3 Å². The fourth-order valence-corrected chi connectivity index (χ4v) is 7.18. The number of amides is 1. The third-order valence-electron chi connectivity index (χ3n) is 7.50. The molecule has 0 aromatic heterocycles. The average Bonchev–Trinajstić information content (AvgIpc) is 3.04. The van der Waals surface area contributed by atoms with Gasteiger partial charge >= 0.3 is 0 Å². The maximum Gasteiger partial charge on any atom is 0.261 e. The Morgan fingerprint density at radius 1 is 1.07 bits per heavy atom. The minimum absolute atomic E-state index is 0.00992. The van der Waals surface area contributed by atoms with Gasteiger partial charge in [-0.1, -0.05) is 18.5 Å². The van der Waals surface area contributed by atoms with Crippen LogP contribution in [0.3, 0.4) is 0 Å². The Morgan fingerprint density at radius 2 is 1.70 bits per heavy atom. The van der Waals surface area contributed by atoms with E-state index in [2.05, 4.69) is 4.72 Å². The Balaban J connectivity index is 1.67. The number of fused-ring (bicyclic) bond motifs is 1. The number of likely N-dealkylation sites (N-methyl/N-ethyl adjacent to an activating group) is 1. The first-order chi connectivity index (χ1) is 20.7. The van der Waals surface area contributed by atoms with Crippen LogP contribution in [-0.4, -0.2) is 83.1 Å². The Labute approximate surface area is 263 Å². The van der Waals surface area contributed by atoms with Gasteiger partial charge in [0.1, 0.15) is 17.6 Å². The van der Waals surface area contributed by atoms with E-state index in [0.717, 1.165) is 0 Å². The van der Waals surface area contributed by atoms with Crippen LogP contribution in [-0.2, 0) is 31.3 Å². The molecule has 2 N–H and O–H groups in total. The number of methoxy groups -OCH3 is 1. The summed E-state index contributed by atoms with van der Waals surface area (Å²) in [5.41, 5.74) is 0.612. The first-order valence-corrected chi connectivity index (χ1v) is 17.1. The zero-order chi connectivity index (χ0) is 32.2. The van der Waals surface area contributed by atoms with Gasteiger partial charge in [0.05, 0.1) is 42.5 Å². The van der Waals surface area contributed by atoms with E-state index in [1.165, 1.54) is 67.0 Å². The molecule has 0 bridgehead atoms. The highest BCUT2D eigenvalue weighted by molar-refractivity contribution is 7.92. The molecule has 0 radical (unpaired) electrons. The van der Waals surface area contributed by atoms with E-state index in [0.29, 0.717) is 22.1 Å². The number of anilines is 1. The van der Waals surface area contributed by atoms with Gasteiger partial charge < -0.3 is 19.5 Å². The van der Waals surface area contributed by atoms with Crippen LogP contribution in [0.25, 0.3) is 0 Å². The quantitative estimate of drug-likeness (QED) is 0.335. The zero-order valence-corrected chi connectivity index (χ0v) is 27.2. The van der Waals surface area contributed by atoms with E-state index in [4.69, 9.17) is 21.1 Å². The van der Waals surface area contributed by atoms with Gasteiger partial charge in [-0.15, -0.1) is 0 Å². The van der Waals surface area contributed by atoms with Gasteiger partial charge in [0.25, 0.3) is 10.0 Å². The Morgan fingerprint density at radius 3 is 2.32 bits per heavy atom. The number of carbonyl (C=O) groups is 1. The van der Waals surface area contributed by atoms with Gasteiger partial charge in [0, 0.05) is 35.8 Å². The number of hydrogen-bond donors (Lipinski definition) is 2. The normalized spacial score (nSPS) is 18.4. The van der Waals surface area contributed by atoms with Crippen LogP contribution in [0.4, 0.5) is 5.69 Å². The zero-order valence-electron chi connectivity index (χ0n) is 24.8. The first-order valence-electron chi connectivity index (χ1n) is 13.8. The third kappa shape index (κ3) is 7.64. The van der Waals surface area contributed by atoms with E-state index in [-0.39, 0.29) is 53.4 Å². The number of hydrogen-bond acceptors (Lipinski definition) is 8. The standard InChI is InChI=1S/C30H36ClN3O8S2/c1-20-17-34(21(2)19-35)30(36)16-22-15-24(32-43(37,38)26-10-5-23(31)6-11-26)7-14-28(22)42-29(20)18-33(3)44(39,40)27-12-8-25(41-4)9-13-27/h5-15,20-21,29,32,35H,16-19H2,1-4H3/t20-,21+,29+/m0/s1. The molecule has 11 nitrogen and oxygen atoms in total. The molecule has 238 valence electrons. The predicted molar refractivity (Wildman–Crippen MR) is 167 cm³/mol. The van der Waals surface area contributed by atoms with E-state index < -0.39 is 32.2 Å². The summed E-state index contributed by atoms with van der Waals surface area (Å²) in [4.78, 5) is 15.1. The molecule has 0 saturated heterocycles. The molecule has 0 aliphatic carbocycles. The molecular formula is C30H36ClN3O8S2. The molecule has 3 aromatic carbocycles. The molecular weight excluding hydrogens is 630 g/mol. The third-order valence-corrected chi connectivity index (χ3v) is 11.0. The lowest BCUT2D eigenvalue weighted by atomic mass is 10.0. The van der Waals surface area contributed by atoms with E-state index in [1.54, 1.807) is 30.0 Å². The number of sulfonamides is 2. The van der Waals surface area contributed by atoms with Gasteiger partial charge in [-0.25, -0.2) is 16.8 Å². The average molecular weight is 666 g/mol. The molecule has 44 heavy (non-hydrogen) atoms. The molecule has 1 aliphatic heterocycles. The molecule has 3 atom stereocenters. The Hall–Kier alpha value is -3.36. The second-order valence-corrected chi connectivity index (χ2v) is 14.9. The molecule has 1 heterocycles. The van der Waals surface area contributed by atoms with Gasteiger partial charge in [0.15, 0.2) is 0 Å². The summed E-state index contributed by atoms with van der Waals surface area (Å²) in [6, 6.07) is 15.8. The maximum atomic E-state index is 13.5. The summed E-state index contributed by atoms with van der Waals surface area (Å²) in [6.45, 7) is 3.45. The monoisotopic (exact) mass is 665 g/mol. The first kappa shape index (κ1) is 33.5. The van der Waals surface area contributed by atoms with Crippen LogP contribution in [0.15, 0.2) is 76.5 Å². The lowest BCUT2D eigenvalue weighted by molar-refractivity contribution is -0.134. The van der Waals surface area contributed by atoms with Crippen molar-refractivity contribution in [2.75, 3.05) is 38.6 Å². The Bertz CT molecular complexity index is 1680. The number of nitrogens with one attached hydrogen (secondary N) is 1. The number of aliphatic hydroxyl groups excluding tert-OH is 1. The number of carbonyl (C=O) groups excluding carboxylic acids is 1. The van der Waals surface area contributed by atoms with Crippen molar-refractivity contribution < 1.29 is 36.2 Å². The smallest absolute Gasteiger partial charge is 0.261 e. The van der Waals surface area contributed by atoms with Crippen LogP contribution in [0.2, 0.25) is 5.02 Å². The predicted octanol–water partition coefficient (Wildman–Crippen LogP) is 3.62. The fraction of sp³-hybridized carbons (Fsp3) is 0.367. The number of nitrogens with zero attached hydrogens (tertiary/aromatic N) is 2. The van der Waals surface area contributed by atoms with Crippen LogP contribution < -0.4 is 14.2 Å². The number of ether oxygens (including phenoxy) is 2. The molecule has 4 rings (SSSR count). The number of benzene rings is 3. The SMILES string of the molecule is COc1ccc(S(=O)(=O)N(C)C[C@H]2Oc3ccc(NS(=O)(=O)c4ccc(Cl)cc4)cc3CC(=O)N([C@H](C)CO)C[C@@H]2C)cc1. The molecule has 1 aliphatic rings. The molecule has 1 amide bonds. The molecule has 0 spiro atoms. The highest BCUT2D eigenvalue weighted by Crippen LogP contribution is 2.31. The summed E-state index contributed by atoms with van der Waals surface area (Å²) >= 11 is 5.90. The van der Waals surface area contributed by atoms with Crippen LogP contribution in [0, 0.1) is 5.92 Å². The minimum atomic E-state index is -3.96. The fourth-order valence-electron chi connectivity index (χ4n) is 4.82. The largest absolute Gasteiger partial charge is 0.497 e. The van der Waals surface area contributed by atoms with Crippen molar-refractivity contribution in [1.29, 1.82) is 0 Å². The Kier molecular flexibility index (Phi) is 10.5. The van der Waals surface area contributed by atoms with Gasteiger partial charge in [0.2, 0.25) is 15.9 Å². The maximum absolute atomic E-state index is 13.5. The second kappa shape index (κ2) is 13.7. The van der Waals surface area contributed by atoms with Crippen LogP contribution in [0.5, 0.6) is 11.5 Å². The molecule has 14 heteroatoms. The molecule has 0 saturated carbocycles. The number of halogens is 1. The van der Waals surface area contributed by atoms with Crippen LogP contribution in [0.1, 0.15) is 19.4 Å². The number of aliphatic hydroxyl groups is 1. The van der Waals surface area contributed by atoms with Gasteiger partial charge in [-0.3, -0.25) is 9.52 Å². The van der Waals surface area contributed by atoms with E-state index in [9.17, 15) is 26.7 Å². The summed E-state index contributed by atoms with van der Waals surface area (Å²) in [5, 5.41) is 10.3. The topological polar surface area (TPSA) is 143 Å². The summed E-state index contributed by atoms with van der Waals surface area (Å²) in [5.74, 6) is 0.198. The van der Waals surface area contributed by atoms with Crippen molar-refractivity contribution in [1.82, 2.24) is 9.21 Å². The van der Waals surface area contributed by atoms with E-state index >= 15 is 0 Å². The van der Waals surface area contributed by atoms with Crippen molar-refractivity contribution in [3.8, 4) is 11.5 Å². The van der Waals surface area contributed by atoms with Crippen LogP contribution >= 0.6 is 11.6 Å². The lowest BCUT2D eigenvalue weighted by Gasteiger charge is -2.33. The van der Waals surface area contributed by atoms with Crippen molar-refractivity contribution >= 4 is 43.2 Å². The second-order valence-electron chi connectivity index (χ2n) is 10.7. The number of rotatable bonds is 10. The highest BCUT2D eigenvalue weighted by atomic mass is 35.5. The highest BCUT2D eigenvalue weighted by Gasteiger charge is 2.33. The minimum Gasteiger partial charge on any atom is -0.497 e. The molecule has 3 aromatic rings.